The van der Waals surface area contributed by atoms with Gasteiger partial charge in [-0.25, -0.2) is 4.79 Å². The SMILES string of the molecule is Cc1c(C(=O)NC2CCN(C(=O)NC3CCCCC3)CC2)oc2c1C(=O)CCC2. The highest BCUT2D eigenvalue weighted by Crippen LogP contribution is 2.29. The molecule has 0 aromatic carbocycles. The molecule has 4 rings (SSSR count). The van der Waals surface area contributed by atoms with Gasteiger partial charge in [0.25, 0.3) is 5.91 Å². The van der Waals surface area contributed by atoms with Gasteiger partial charge in [0.15, 0.2) is 11.5 Å². The first-order chi connectivity index (χ1) is 14.0. The summed E-state index contributed by atoms with van der Waals surface area (Å²) in [5, 5.41) is 6.20. The van der Waals surface area contributed by atoms with Crippen LogP contribution in [0.15, 0.2) is 4.42 Å². The van der Waals surface area contributed by atoms with Crippen molar-refractivity contribution >= 4 is 17.7 Å². The second-order valence-corrected chi connectivity index (χ2v) is 8.65. The largest absolute Gasteiger partial charge is 0.455 e. The average Bonchev–Trinajstić information content (AvgIpc) is 3.07. The van der Waals surface area contributed by atoms with Gasteiger partial charge in [0.05, 0.1) is 5.56 Å². The highest BCUT2D eigenvalue weighted by molar-refractivity contribution is 6.03. The van der Waals surface area contributed by atoms with E-state index in [-0.39, 0.29) is 29.5 Å². The first-order valence-corrected chi connectivity index (χ1v) is 11.0. The van der Waals surface area contributed by atoms with E-state index in [0.29, 0.717) is 48.9 Å². The zero-order valence-corrected chi connectivity index (χ0v) is 17.2. The molecule has 0 unspecified atom stereocenters. The maximum atomic E-state index is 12.7. The Labute approximate surface area is 171 Å². The van der Waals surface area contributed by atoms with Crippen molar-refractivity contribution in [2.75, 3.05) is 13.1 Å². The summed E-state index contributed by atoms with van der Waals surface area (Å²) in [6, 6.07) is 0.345. The lowest BCUT2D eigenvalue weighted by Crippen LogP contribution is -2.51. The molecule has 1 saturated heterocycles. The van der Waals surface area contributed by atoms with Crippen LogP contribution in [0.1, 0.15) is 90.0 Å². The van der Waals surface area contributed by atoms with E-state index in [9.17, 15) is 14.4 Å². The Bertz CT molecular complexity index is 786. The Morgan fingerprint density at radius 3 is 2.31 bits per heavy atom. The number of rotatable bonds is 3. The number of nitrogens with zero attached hydrogens (tertiary/aromatic N) is 1. The molecule has 2 heterocycles. The van der Waals surface area contributed by atoms with E-state index in [2.05, 4.69) is 10.6 Å². The van der Waals surface area contributed by atoms with Crippen molar-refractivity contribution < 1.29 is 18.8 Å². The quantitative estimate of drug-likeness (QED) is 0.813. The maximum Gasteiger partial charge on any atom is 0.317 e. The van der Waals surface area contributed by atoms with Crippen molar-refractivity contribution in [3.63, 3.8) is 0 Å². The first kappa shape index (κ1) is 20.0. The molecule has 0 spiro atoms. The number of Topliss-reactive ketones (excluding diaryl/α,β-unsaturated/α-hetero) is 1. The number of carbonyl (C=O) groups is 3. The molecule has 7 nitrogen and oxygen atoms in total. The summed E-state index contributed by atoms with van der Waals surface area (Å²) in [4.78, 5) is 39.2. The van der Waals surface area contributed by atoms with Crippen LogP contribution in [0.2, 0.25) is 0 Å². The van der Waals surface area contributed by atoms with E-state index < -0.39 is 0 Å². The predicted octanol–water partition coefficient (Wildman–Crippen LogP) is 3.34. The number of amides is 3. The third kappa shape index (κ3) is 4.33. The zero-order valence-electron chi connectivity index (χ0n) is 17.2. The lowest BCUT2D eigenvalue weighted by molar-refractivity contribution is 0.0884. The third-order valence-corrected chi connectivity index (χ3v) is 6.56. The van der Waals surface area contributed by atoms with E-state index in [4.69, 9.17) is 4.42 Å². The predicted molar refractivity (Wildman–Crippen MR) is 108 cm³/mol. The van der Waals surface area contributed by atoms with Gasteiger partial charge in [-0.2, -0.15) is 0 Å². The van der Waals surface area contributed by atoms with Gasteiger partial charge in [-0.3, -0.25) is 9.59 Å². The minimum Gasteiger partial charge on any atom is -0.455 e. The van der Waals surface area contributed by atoms with Gasteiger partial charge in [-0.05, 0) is 39.0 Å². The molecule has 158 valence electrons. The topological polar surface area (TPSA) is 91.7 Å². The fourth-order valence-electron chi connectivity index (χ4n) is 4.86. The summed E-state index contributed by atoms with van der Waals surface area (Å²) in [7, 11) is 0. The maximum absolute atomic E-state index is 12.7. The van der Waals surface area contributed by atoms with Crippen molar-refractivity contribution in [1.29, 1.82) is 0 Å². The van der Waals surface area contributed by atoms with Gasteiger partial charge in [0.1, 0.15) is 5.76 Å². The molecule has 0 atom stereocenters. The molecule has 29 heavy (non-hydrogen) atoms. The highest BCUT2D eigenvalue weighted by Gasteiger charge is 2.31. The minimum atomic E-state index is -0.255. The number of carbonyl (C=O) groups excluding carboxylic acids is 3. The Morgan fingerprint density at radius 1 is 0.931 bits per heavy atom. The standard InChI is InChI=1S/C22H31N3O4/c1-14-19-17(26)8-5-9-18(19)29-20(14)21(27)23-16-10-12-25(13-11-16)22(28)24-15-6-3-2-4-7-15/h15-16H,2-13H2,1H3,(H,23,27)(H,24,28). The van der Waals surface area contributed by atoms with Gasteiger partial charge >= 0.3 is 6.03 Å². The molecule has 2 fully saturated rings. The number of furan rings is 1. The highest BCUT2D eigenvalue weighted by atomic mass is 16.4. The van der Waals surface area contributed by atoms with Crippen molar-refractivity contribution in [2.24, 2.45) is 0 Å². The van der Waals surface area contributed by atoms with E-state index in [1.54, 1.807) is 6.92 Å². The van der Waals surface area contributed by atoms with Crippen LogP contribution >= 0.6 is 0 Å². The molecular formula is C22H31N3O4. The Hall–Kier alpha value is -2.31. The van der Waals surface area contributed by atoms with Crippen molar-refractivity contribution in [1.82, 2.24) is 15.5 Å². The fourth-order valence-corrected chi connectivity index (χ4v) is 4.86. The number of hydrogen-bond acceptors (Lipinski definition) is 4. The van der Waals surface area contributed by atoms with E-state index in [0.717, 1.165) is 32.1 Å². The molecule has 2 aliphatic carbocycles. The van der Waals surface area contributed by atoms with E-state index >= 15 is 0 Å². The van der Waals surface area contributed by atoms with Crippen LogP contribution in [0, 0.1) is 6.92 Å². The molecule has 3 aliphatic rings. The molecule has 1 aliphatic heterocycles. The third-order valence-electron chi connectivity index (χ3n) is 6.56. The normalized spacial score (nSPS) is 21.0. The summed E-state index contributed by atoms with van der Waals surface area (Å²) in [5.41, 5.74) is 1.27. The Morgan fingerprint density at radius 2 is 1.62 bits per heavy atom. The number of piperidine rings is 1. The number of nitrogens with one attached hydrogen (secondary N) is 2. The monoisotopic (exact) mass is 401 g/mol. The number of likely N-dealkylation sites (tertiary alicyclic amines) is 1. The smallest absolute Gasteiger partial charge is 0.317 e. The fraction of sp³-hybridized carbons (Fsp3) is 0.682. The average molecular weight is 402 g/mol. The van der Waals surface area contributed by atoms with Crippen LogP contribution in [0.5, 0.6) is 0 Å². The molecule has 0 bridgehead atoms. The molecule has 1 saturated carbocycles. The summed E-state index contributed by atoms with van der Waals surface area (Å²) in [6.07, 6.45) is 9.27. The molecule has 1 aromatic heterocycles. The molecule has 0 radical (unpaired) electrons. The molecule has 2 N–H and O–H groups in total. The summed E-state index contributed by atoms with van der Waals surface area (Å²) in [5.74, 6) is 0.736. The van der Waals surface area contributed by atoms with Crippen LogP contribution in [-0.2, 0) is 6.42 Å². The molecule has 3 amide bonds. The summed E-state index contributed by atoms with van der Waals surface area (Å²) >= 11 is 0. The Balaban J connectivity index is 1.29. The second kappa shape index (κ2) is 8.59. The number of urea groups is 1. The summed E-state index contributed by atoms with van der Waals surface area (Å²) in [6.45, 7) is 3.06. The van der Waals surface area contributed by atoms with Crippen LogP contribution in [0.25, 0.3) is 0 Å². The van der Waals surface area contributed by atoms with Gasteiger partial charge < -0.3 is 20.0 Å². The van der Waals surface area contributed by atoms with Crippen LogP contribution < -0.4 is 10.6 Å². The molecule has 7 heteroatoms. The van der Waals surface area contributed by atoms with Crippen LogP contribution in [-0.4, -0.2) is 47.8 Å². The number of ketones is 1. The second-order valence-electron chi connectivity index (χ2n) is 8.65. The zero-order chi connectivity index (χ0) is 20.4. The van der Waals surface area contributed by atoms with Gasteiger partial charge in [-0.1, -0.05) is 19.3 Å². The summed E-state index contributed by atoms with van der Waals surface area (Å²) < 4.78 is 5.75. The number of fused-ring (bicyclic) bond motifs is 1. The van der Waals surface area contributed by atoms with E-state index in [1.165, 1.54) is 19.3 Å². The lowest BCUT2D eigenvalue weighted by Gasteiger charge is -2.34. The van der Waals surface area contributed by atoms with E-state index in [1.807, 2.05) is 4.90 Å². The lowest BCUT2D eigenvalue weighted by atomic mass is 9.94. The molecular weight excluding hydrogens is 370 g/mol. The Kier molecular flexibility index (Phi) is 5.92. The minimum absolute atomic E-state index is 0.0125. The molecule has 1 aromatic rings. The first-order valence-electron chi connectivity index (χ1n) is 11.0. The van der Waals surface area contributed by atoms with Crippen LogP contribution in [0.4, 0.5) is 4.79 Å². The van der Waals surface area contributed by atoms with Crippen molar-refractivity contribution in [3.05, 3.63) is 22.6 Å². The van der Waals surface area contributed by atoms with Crippen LogP contribution in [0.3, 0.4) is 0 Å². The van der Waals surface area contributed by atoms with Crippen molar-refractivity contribution in [3.8, 4) is 0 Å². The number of aryl methyl sites for hydroxylation is 1. The van der Waals surface area contributed by atoms with Gasteiger partial charge in [-0.15, -0.1) is 0 Å². The van der Waals surface area contributed by atoms with Gasteiger partial charge in [0.2, 0.25) is 0 Å². The van der Waals surface area contributed by atoms with Gasteiger partial charge in [0, 0.05) is 43.6 Å². The van der Waals surface area contributed by atoms with Crippen molar-refractivity contribution in [2.45, 2.75) is 83.2 Å². The number of hydrogen-bond donors (Lipinski definition) is 2.